The van der Waals surface area contributed by atoms with Gasteiger partial charge in [0.2, 0.25) is 5.82 Å². The molecule has 0 spiro atoms. The molecule has 1 aromatic rings. The molecule has 0 aliphatic heterocycles. The Kier molecular flexibility index (Phi) is 5.25. The fourth-order valence-corrected chi connectivity index (χ4v) is 1.48. The molecule has 0 aromatic carbocycles. The molecular weight excluding hydrogens is 274 g/mol. The highest BCUT2D eigenvalue weighted by atomic mass is 35.5. The highest BCUT2D eigenvalue weighted by Crippen LogP contribution is 2.26. The molecule has 7 nitrogen and oxygen atoms in total. The third kappa shape index (κ3) is 4.22. The summed E-state index contributed by atoms with van der Waals surface area (Å²) < 4.78 is 4.72. The van der Waals surface area contributed by atoms with Crippen molar-refractivity contribution in [2.24, 2.45) is 0 Å². The molecule has 19 heavy (non-hydrogen) atoms. The van der Waals surface area contributed by atoms with E-state index in [2.05, 4.69) is 4.98 Å². The third-order valence-corrected chi connectivity index (χ3v) is 2.40. The molecule has 0 bridgehead atoms. The number of aromatic nitrogens is 1. The lowest BCUT2D eigenvalue weighted by molar-refractivity contribution is -0.384. The van der Waals surface area contributed by atoms with Crippen LogP contribution in [0.1, 0.15) is 18.9 Å². The SMILES string of the molecule is CCOC(=O)CC=Cc1cc([N+](=O)[O-])c(N)nc1Cl. The largest absolute Gasteiger partial charge is 0.466 e. The topological polar surface area (TPSA) is 108 Å². The van der Waals surface area contributed by atoms with Gasteiger partial charge in [0.15, 0.2) is 0 Å². The number of carbonyl (C=O) groups excluding carboxylic acids is 1. The van der Waals surface area contributed by atoms with Crippen LogP contribution in [0.5, 0.6) is 0 Å². The predicted molar refractivity (Wildman–Crippen MR) is 70.6 cm³/mol. The monoisotopic (exact) mass is 285 g/mol. The van der Waals surface area contributed by atoms with E-state index in [1.807, 2.05) is 0 Å². The van der Waals surface area contributed by atoms with Crippen LogP contribution in [0.2, 0.25) is 5.15 Å². The minimum Gasteiger partial charge on any atom is -0.466 e. The highest BCUT2D eigenvalue weighted by molar-refractivity contribution is 6.31. The van der Waals surface area contributed by atoms with Gasteiger partial charge in [-0.05, 0) is 6.92 Å². The number of nitrogen functional groups attached to an aromatic ring is 1. The summed E-state index contributed by atoms with van der Waals surface area (Å²) in [6, 6.07) is 1.20. The van der Waals surface area contributed by atoms with E-state index in [0.717, 1.165) is 0 Å². The second kappa shape index (κ2) is 6.69. The summed E-state index contributed by atoms with van der Waals surface area (Å²) in [7, 11) is 0. The van der Waals surface area contributed by atoms with Crippen LogP contribution in [0.25, 0.3) is 6.08 Å². The molecule has 0 saturated heterocycles. The molecule has 0 aliphatic carbocycles. The number of halogens is 1. The van der Waals surface area contributed by atoms with Crippen molar-refractivity contribution in [1.82, 2.24) is 4.98 Å². The Balaban J connectivity index is 2.89. The number of rotatable bonds is 5. The normalized spacial score (nSPS) is 10.6. The van der Waals surface area contributed by atoms with Gasteiger partial charge >= 0.3 is 11.7 Å². The van der Waals surface area contributed by atoms with E-state index in [9.17, 15) is 14.9 Å². The van der Waals surface area contributed by atoms with Crippen molar-refractivity contribution in [3.63, 3.8) is 0 Å². The van der Waals surface area contributed by atoms with Gasteiger partial charge in [-0.15, -0.1) is 0 Å². The first-order valence-electron chi connectivity index (χ1n) is 5.38. The van der Waals surface area contributed by atoms with Gasteiger partial charge in [0.1, 0.15) is 5.15 Å². The molecule has 1 aromatic heterocycles. The first kappa shape index (κ1) is 14.9. The molecule has 1 rings (SSSR count). The number of hydrogen-bond acceptors (Lipinski definition) is 6. The maximum atomic E-state index is 11.1. The Hall–Kier alpha value is -2.15. The van der Waals surface area contributed by atoms with Crippen LogP contribution >= 0.6 is 11.6 Å². The van der Waals surface area contributed by atoms with Gasteiger partial charge in [0.05, 0.1) is 18.0 Å². The number of hydrogen-bond donors (Lipinski definition) is 1. The number of anilines is 1. The van der Waals surface area contributed by atoms with Crippen LogP contribution in [-0.4, -0.2) is 22.5 Å². The summed E-state index contributed by atoms with van der Waals surface area (Å²) in [5.74, 6) is -0.648. The van der Waals surface area contributed by atoms with Crippen molar-refractivity contribution in [2.45, 2.75) is 13.3 Å². The third-order valence-electron chi connectivity index (χ3n) is 2.10. The first-order chi connectivity index (χ1) is 8.95. The maximum absolute atomic E-state index is 11.1. The molecular formula is C11H12ClN3O4. The highest BCUT2D eigenvalue weighted by Gasteiger charge is 2.15. The lowest BCUT2D eigenvalue weighted by atomic mass is 10.2. The fraction of sp³-hybridized carbons (Fsp3) is 0.273. The van der Waals surface area contributed by atoms with E-state index < -0.39 is 10.9 Å². The molecule has 0 saturated carbocycles. The van der Waals surface area contributed by atoms with E-state index >= 15 is 0 Å². The summed E-state index contributed by atoms with van der Waals surface area (Å²) in [4.78, 5) is 24.8. The average Bonchev–Trinajstić information content (AvgIpc) is 2.31. The molecule has 2 N–H and O–H groups in total. The van der Waals surface area contributed by atoms with Crippen LogP contribution in [0, 0.1) is 10.1 Å². The predicted octanol–water partition coefficient (Wildman–Crippen LogP) is 2.19. The van der Waals surface area contributed by atoms with Crippen LogP contribution in [0.3, 0.4) is 0 Å². The van der Waals surface area contributed by atoms with Crippen molar-refractivity contribution in [3.05, 3.63) is 33.0 Å². The summed E-state index contributed by atoms with van der Waals surface area (Å²) in [5.41, 5.74) is 5.35. The minimum atomic E-state index is -0.651. The second-order valence-corrected chi connectivity index (χ2v) is 3.80. The Morgan fingerprint density at radius 2 is 2.37 bits per heavy atom. The lowest BCUT2D eigenvalue weighted by Crippen LogP contribution is -2.01. The Morgan fingerprint density at radius 3 is 2.95 bits per heavy atom. The number of pyridine rings is 1. The quantitative estimate of drug-likeness (QED) is 0.384. The number of ether oxygens (including phenoxy) is 1. The number of nitrogens with zero attached hydrogens (tertiary/aromatic N) is 2. The van der Waals surface area contributed by atoms with Gasteiger partial charge in [-0.25, -0.2) is 4.98 Å². The number of esters is 1. The molecule has 0 unspecified atom stereocenters. The van der Waals surface area contributed by atoms with Crippen LogP contribution in [0.15, 0.2) is 12.1 Å². The smallest absolute Gasteiger partial charge is 0.311 e. The molecule has 0 fully saturated rings. The van der Waals surface area contributed by atoms with Gasteiger partial charge in [-0.1, -0.05) is 23.8 Å². The zero-order valence-electron chi connectivity index (χ0n) is 10.1. The summed E-state index contributed by atoms with van der Waals surface area (Å²) >= 11 is 5.80. The number of nitro groups is 1. The lowest BCUT2D eigenvalue weighted by Gasteiger charge is -2.01. The van der Waals surface area contributed by atoms with E-state index in [1.165, 1.54) is 18.2 Å². The molecule has 0 amide bonds. The second-order valence-electron chi connectivity index (χ2n) is 3.44. The maximum Gasteiger partial charge on any atom is 0.311 e. The minimum absolute atomic E-state index is 0.0307. The van der Waals surface area contributed by atoms with Crippen LogP contribution in [-0.2, 0) is 9.53 Å². The van der Waals surface area contributed by atoms with E-state index in [-0.39, 0.29) is 23.1 Å². The van der Waals surface area contributed by atoms with Crippen LogP contribution < -0.4 is 5.73 Å². The molecule has 1 heterocycles. The molecule has 8 heteroatoms. The van der Waals surface area contributed by atoms with E-state index in [4.69, 9.17) is 22.1 Å². The average molecular weight is 286 g/mol. The standard InChI is InChI=1S/C11H12ClN3O4/c1-2-19-9(16)5-3-4-7-6-8(15(17)18)11(13)14-10(7)12/h3-4,6H,2,5H2,1H3,(H2,13,14). The molecule has 0 atom stereocenters. The van der Waals surface area contributed by atoms with Gasteiger partial charge in [-0.3, -0.25) is 14.9 Å². The van der Waals surface area contributed by atoms with E-state index in [1.54, 1.807) is 6.92 Å². The first-order valence-corrected chi connectivity index (χ1v) is 5.76. The van der Waals surface area contributed by atoms with E-state index in [0.29, 0.717) is 12.2 Å². The van der Waals surface area contributed by atoms with Crippen molar-refractivity contribution >= 4 is 35.2 Å². The van der Waals surface area contributed by atoms with Gasteiger partial charge < -0.3 is 10.5 Å². The number of nitrogens with two attached hydrogens (primary N) is 1. The zero-order valence-corrected chi connectivity index (χ0v) is 10.9. The zero-order chi connectivity index (χ0) is 14.4. The van der Waals surface area contributed by atoms with Crippen molar-refractivity contribution in [1.29, 1.82) is 0 Å². The van der Waals surface area contributed by atoms with Crippen molar-refractivity contribution in [2.75, 3.05) is 12.3 Å². The van der Waals surface area contributed by atoms with Gasteiger partial charge in [-0.2, -0.15) is 0 Å². The Morgan fingerprint density at radius 1 is 1.68 bits per heavy atom. The summed E-state index contributed by atoms with van der Waals surface area (Å²) in [5, 5.41) is 10.7. The molecule has 102 valence electrons. The van der Waals surface area contributed by atoms with Gasteiger partial charge in [0, 0.05) is 11.6 Å². The van der Waals surface area contributed by atoms with Gasteiger partial charge in [0.25, 0.3) is 0 Å². The summed E-state index contributed by atoms with van der Waals surface area (Å²) in [6.45, 7) is 1.99. The number of carbonyl (C=O) groups is 1. The molecule has 0 aliphatic rings. The van der Waals surface area contributed by atoms with Crippen LogP contribution in [0.4, 0.5) is 11.5 Å². The summed E-state index contributed by atoms with van der Waals surface area (Å²) in [6.07, 6.45) is 2.99. The van der Waals surface area contributed by atoms with Crippen molar-refractivity contribution < 1.29 is 14.5 Å². The molecule has 0 radical (unpaired) electrons. The Labute approximate surface area is 114 Å². The fourth-order valence-electron chi connectivity index (χ4n) is 1.27. The van der Waals surface area contributed by atoms with Crippen molar-refractivity contribution in [3.8, 4) is 0 Å². The Bertz CT molecular complexity index is 531.